The SMILES string of the molecule is Brc1cc(Br)c(-c2c(Br)c(Br)c(Br)c(Br)c2Br)cc1Br.Brc1cc(Br)c(-c2c(Br)c(Br)c(Br)c(Br)c2Br)cc1Br.O. The quantitative estimate of drug-likeness (QED) is 0.142. The van der Waals surface area contributed by atoms with Gasteiger partial charge in [-0.2, -0.15) is 0 Å². The maximum absolute atomic E-state index is 3.65. The monoisotopic (exact) mass is 1570 g/mol. The van der Waals surface area contributed by atoms with Crippen molar-refractivity contribution in [1.29, 1.82) is 0 Å². The summed E-state index contributed by atoms with van der Waals surface area (Å²) in [5.41, 5.74) is 4.22. The van der Waals surface area contributed by atoms with Crippen LogP contribution in [0.2, 0.25) is 0 Å². The standard InChI is InChI=1S/2C12H2Br8.H2O/c2*13-4-2-6(15)5(14)1-3(4)7-8(16)10(18)12(20)11(19)9(7)17;/h2*1-2H;1H2. The minimum absolute atomic E-state index is 0. The molecule has 0 bridgehead atoms. The van der Waals surface area contributed by atoms with Crippen molar-refractivity contribution in [3.05, 3.63) is 95.8 Å². The van der Waals surface area contributed by atoms with Crippen LogP contribution in [-0.4, -0.2) is 5.48 Å². The van der Waals surface area contributed by atoms with E-state index in [0.29, 0.717) is 0 Å². The summed E-state index contributed by atoms with van der Waals surface area (Å²) in [5.74, 6) is 0. The fourth-order valence-electron chi connectivity index (χ4n) is 3.11. The smallest absolute Gasteiger partial charge is 0.0482 e. The van der Waals surface area contributed by atoms with Crippen molar-refractivity contribution >= 4 is 255 Å². The first-order chi connectivity index (χ1) is 18.5. The predicted molar refractivity (Wildman–Crippen MR) is 231 cm³/mol. The lowest BCUT2D eigenvalue weighted by Gasteiger charge is -2.16. The second kappa shape index (κ2) is 18.0. The minimum atomic E-state index is 0. The Kier molecular flexibility index (Phi) is 18.3. The Morgan fingerprint density at radius 2 is 0.439 bits per heavy atom. The minimum Gasteiger partial charge on any atom is -0.412 e. The summed E-state index contributed by atoms with van der Waals surface area (Å²) < 4.78 is 15.5. The lowest BCUT2D eigenvalue weighted by Crippen LogP contribution is -1.90. The fourth-order valence-corrected chi connectivity index (χ4v) is 13.1. The van der Waals surface area contributed by atoms with E-state index in [9.17, 15) is 0 Å². The van der Waals surface area contributed by atoms with E-state index < -0.39 is 0 Å². The normalized spacial score (nSPS) is 10.7. The number of benzene rings is 4. The van der Waals surface area contributed by atoms with Gasteiger partial charge < -0.3 is 5.48 Å². The third-order valence-electron chi connectivity index (χ3n) is 4.98. The lowest BCUT2D eigenvalue weighted by molar-refractivity contribution is 0.824. The Balaban J connectivity index is 0.000000280. The molecule has 41 heavy (non-hydrogen) atoms. The van der Waals surface area contributed by atoms with Gasteiger partial charge in [0.2, 0.25) is 0 Å². The summed E-state index contributed by atoms with van der Waals surface area (Å²) in [7, 11) is 0. The lowest BCUT2D eigenvalue weighted by atomic mass is 10.1. The van der Waals surface area contributed by atoms with Crippen molar-refractivity contribution in [2.24, 2.45) is 0 Å². The molecule has 0 spiro atoms. The highest BCUT2D eigenvalue weighted by Gasteiger charge is 2.22. The van der Waals surface area contributed by atoms with Gasteiger partial charge in [0.15, 0.2) is 0 Å². The van der Waals surface area contributed by atoms with E-state index in [0.717, 1.165) is 93.8 Å². The van der Waals surface area contributed by atoms with E-state index in [4.69, 9.17) is 0 Å². The number of rotatable bonds is 2. The zero-order valence-electron chi connectivity index (χ0n) is 18.9. The Hall–Kier alpha value is 4.52. The molecule has 4 rings (SSSR count). The largest absolute Gasteiger partial charge is 0.412 e. The van der Waals surface area contributed by atoms with Crippen molar-refractivity contribution in [3.63, 3.8) is 0 Å². The van der Waals surface area contributed by atoms with Gasteiger partial charge in [0.05, 0.1) is 0 Å². The van der Waals surface area contributed by atoms with Crippen LogP contribution < -0.4 is 0 Å². The molecule has 2 N–H and O–H groups in total. The number of hydrogen-bond acceptors (Lipinski definition) is 0. The molecule has 0 unspecified atom stereocenters. The van der Waals surface area contributed by atoms with Crippen molar-refractivity contribution in [3.8, 4) is 22.3 Å². The van der Waals surface area contributed by atoms with Gasteiger partial charge >= 0.3 is 0 Å². The van der Waals surface area contributed by atoms with Crippen molar-refractivity contribution in [2.75, 3.05) is 0 Å². The highest BCUT2D eigenvalue weighted by atomic mass is 79.9. The van der Waals surface area contributed by atoms with Gasteiger partial charge in [0.1, 0.15) is 0 Å². The molecule has 0 atom stereocenters. The molecule has 0 aliphatic carbocycles. The van der Waals surface area contributed by atoms with Crippen LogP contribution in [0.1, 0.15) is 0 Å². The summed E-state index contributed by atoms with van der Waals surface area (Å²) in [5, 5.41) is 0. The predicted octanol–water partition coefficient (Wildman–Crippen LogP) is 18.1. The Morgan fingerprint density at radius 3 is 0.683 bits per heavy atom. The molecule has 220 valence electrons. The van der Waals surface area contributed by atoms with E-state index in [1.54, 1.807) is 0 Å². The van der Waals surface area contributed by atoms with Gasteiger partial charge in [-0.15, -0.1) is 0 Å². The molecule has 0 radical (unpaired) electrons. The molecule has 0 fully saturated rings. The summed E-state index contributed by atoms with van der Waals surface area (Å²) in [6.07, 6.45) is 0. The van der Waals surface area contributed by atoms with Crippen LogP contribution in [0.4, 0.5) is 0 Å². The van der Waals surface area contributed by atoms with Crippen LogP contribution in [0, 0.1) is 0 Å². The molecule has 4 aromatic rings. The first kappa shape index (κ1) is 41.7. The van der Waals surface area contributed by atoms with Crippen molar-refractivity contribution in [2.45, 2.75) is 0 Å². The average molecular weight is 1590 g/mol. The van der Waals surface area contributed by atoms with E-state index >= 15 is 0 Å². The van der Waals surface area contributed by atoms with Crippen molar-refractivity contribution < 1.29 is 5.48 Å². The van der Waals surface area contributed by atoms with E-state index in [2.05, 4.69) is 267 Å². The molecule has 0 aromatic heterocycles. The van der Waals surface area contributed by atoms with Gasteiger partial charge in [-0.1, -0.05) is 31.9 Å². The molecule has 0 saturated heterocycles. The average Bonchev–Trinajstić information content (AvgIpc) is 2.90. The summed E-state index contributed by atoms with van der Waals surface area (Å²) >= 11 is 57.4. The van der Waals surface area contributed by atoms with Crippen LogP contribution in [0.25, 0.3) is 22.3 Å². The molecule has 1 nitrogen and oxygen atoms in total. The molecule has 17 heteroatoms. The van der Waals surface area contributed by atoms with Crippen LogP contribution in [-0.2, 0) is 0 Å². The van der Waals surface area contributed by atoms with E-state index in [-0.39, 0.29) is 5.48 Å². The van der Waals surface area contributed by atoms with Crippen LogP contribution in [0.15, 0.2) is 95.8 Å². The maximum atomic E-state index is 3.65. The van der Waals surface area contributed by atoms with Gasteiger partial charge in [-0.3, -0.25) is 0 Å². The summed E-state index contributed by atoms with van der Waals surface area (Å²) in [6.45, 7) is 0. The van der Waals surface area contributed by atoms with Gasteiger partial charge in [0, 0.05) is 82.7 Å². The second-order valence-electron chi connectivity index (χ2n) is 7.38. The molecule has 0 aliphatic rings. The third kappa shape index (κ3) is 9.40. The molecular weight excluding hydrogens is 1580 g/mol. The highest BCUT2D eigenvalue weighted by molar-refractivity contribution is 9.17. The Labute approximate surface area is 371 Å². The van der Waals surface area contributed by atoms with Gasteiger partial charge in [-0.25, -0.2) is 0 Å². The van der Waals surface area contributed by atoms with Crippen LogP contribution in [0.3, 0.4) is 0 Å². The molecular formula is C24H6Br16O. The zero-order chi connectivity index (χ0) is 30.4. The van der Waals surface area contributed by atoms with Crippen molar-refractivity contribution in [1.82, 2.24) is 0 Å². The topological polar surface area (TPSA) is 31.5 Å². The second-order valence-corrected chi connectivity index (χ2v) is 20.4. The fraction of sp³-hybridized carbons (Fsp3) is 0. The Morgan fingerprint density at radius 1 is 0.244 bits per heavy atom. The molecule has 0 amide bonds. The molecule has 0 heterocycles. The Bertz CT molecular complexity index is 1490. The maximum Gasteiger partial charge on any atom is 0.0482 e. The highest BCUT2D eigenvalue weighted by Crippen LogP contribution is 2.52. The molecule has 0 saturated carbocycles. The van der Waals surface area contributed by atoms with E-state index in [1.807, 2.05) is 12.1 Å². The summed E-state index contributed by atoms with van der Waals surface area (Å²) in [4.78, 5) is 0. The van der Waals surface area contributed by atoms with E-state index in [1.165, 1.54) is 0 Å². The molecule has 4 aromatic carbocycles. The van der Waals surface area contributed by atoms with Crippen LogP contribution in [0.5, 0.6) is 0 Å². The first-order valence-electron chi connectivity index (χ1n) is 9.83. The first-order valence-corrected chi connectivity index (χ1v) is 22.5. The summed E-state index contributed by atoms with van der Waals surface area (Å²) in [6, 6.07) is 8.15. The molecule has 0 aliphatic heterocycles. The third-order valence-corrected chi connectivity index (χ3v) is 22.2. The number of halogens is 16. The number of hydrogen-bond donors (Lipinski definition) is 0. The van der Waals surface area contributed by atoms with Gasteiger partial charge in [0.25, 0.3) is 0 Å². The van der Waals surface area contributed by atoms with Crippen LogP contribution >= 0.6 is 255 Å². The van der Waals surface area contributed by atoms with Gasteiger partial charge in [-0.05, 0) is 258 Å². The zero-order valence-corrected chi connectivity index (χ0v) is 44.2.